The Hall–Kier alpha value is -1.57. The lowest BCUT2D eigenvalue weighted by atomic mass is 10.1. The van der Waals surface area contributed by atoms with E-state index in [4.69, 9.17) is 4.98 Å². The first-order valence-electron chi connectivity index (χ1n) is 5.52. The minimum atomic E-state index is 1.05. The number of anilines is 1. The number of hydrogen-bond donors (Lipinski definition) is 0. The van der Waals surface area contributed by atoms with Crippen molar-refractivity contribution in [3.8, 4) is 0 Å². The number of rotatable bonds is 1. The first-order chi connectivity index (χ1) is 7.38. The van der Waals surface area contributed by atoms with Gasteiger partial charge in [-0.25, -0.2) is 4.98 Å². The molecule has 0 fully saturated rings. The van der Waals surface area contributed by atoms with Crippen molar-refractivity contribution in [1.29, 1.82) is 0 Å². The number of nitrogens with zero attached hydrogens (tertiary/aromatic N) is 2. The normalized spacial score (nSPS) is 14.6. The van der Waals surface area contributed by atoms with Gasteiger partial charge in [-0.2, -0.15) is 0 Å². The van der Waals surface area contributed by atoms with E-state index in [2.05, 4.69) is 36.1 Å². The Morgan fingerprint density at radius 3 is 3.07 bits per heavy atom. The van der Waals surface area contributed by atoms with Crippen molar-refractivity contribution in [3.05, 3.63) is 35.9 Å². The minimum absolute atomic E-state index is 1.05. The van der Waals surface area contributed by atoms with Gasteiger partial charge in [0, 0.05) is 18.5 Å². The van der Waals surface area contributed by atoms with E-state index in [1.165, 1.54) is 16.8 Å². The van der Waals surface area contributed by atoms with Gasteiger partial charge < -0.3 is 4.90 Å². The topological polar surface area (TPSA) is 16.1 Å². The molecule has 0 saturated carbocycles. The smallest absolute Gasteiger partial charge is 0.132 e. The van der Waals surface area contributed by atoms with Crippen LogP contribution in [0.15, 0.2) is 30.3 Å². The van der Waals surface area contributed by atoms with Crippen LogP contribution in [0.4, 0.5) is 5.82 Å². The molecule has 0 atom stereocenters. The maximum absolute atomic E-state index is 4.73. The zero-order chi connectivity index (χ0) is 10.3. The molecule has 2 heteroatoms. The molecular formula is C13H14N2. The van der Waals surface area contributed by atoms with Crippen molar-refractivity contribution in [3.63, 3.8) is 0 Å². The largest absolute Gasteiger partial charge is 0.356 e. The molecule has 1 aliphatic rings. The average Bonchev–Trinajstić information content (AvgIpc) is 2.68. The molecule has 1 aromatic heterocycles. The first-order valence-corrected chi connectivity index (χ1v) is 5.52. The summed E-state index contributed by atoms with van der Waals surface area (Å²) in [6.45, 7) is 4.36. The van der Waals surface area contributed by atoms with Crippen LogP contribution in [-0.2, 0) is 6.42 Å². The third kappa shape index (κ3) is 1.29. The predicted molar refractivity (Wildman–Crippen MR) is 63.3 cm³/mol. The summed E-state index contributed by atoms with van der Waals surface area (Å²) in [4.78, 5) is 7.08. The van der Waals surface area contributed by atoms with Gasteiger partial charge >= 0.3 is 0 Å². The van der Waals surface area contributed by atoms with Crippen LogP contribution in [0.1, 0.15) is 12.5 Å². The summed E-state index contributed by atoms with van der Waals surface area (Å²) in [6.07, 6.45) is 1.14. The third-order valence-corrected chi connectivity index (χ3v) is 3.11. The van der Waals surface area contributed by atoms with E-state index < -0.39 is 0 Å². The molecule has 1 aromatic carbocycles. The molecule has 0 unspecified atom stereocenters. The van der Waals surface area contributed by atoms with E-state index in [1.807, 2.05) is 6.07 Å². The molecule has 15 heavy (non-hydrogen) atoms. The molecule has 76 valence electrons. The van der Waals surface area contributed by atoms with Crippen molar-refractivity contribution < 1.29 is 0 Å². The van der Waals surface area contributed by atoms with E-state index in [0.29, 0.717) is 0 Å². The summed E-state index contributed by atoms with van der Waals surface area (Å²) in [5.41, 5.74) is 2.51. The standard InChI is InChI=1S/C13H14N2/c1-2-15-8-7-11-9-10-5-3-4-6-12(10)14-13(11)15/h3-6,9H,2,7-8H2,1H3. The van der Waals surface area contributed by atoms with Gasteiger partial charge in [-0.15, -0.1) is 0 Å². The van der Waals surface area contributed by atoms with Crippen LogP contribution in [-0.4, -0.2) is 18.1 Å². The molecule has 0 amide bonds. The fourth-order valence-electron chi connectivity index (χ4n) is 2.28. The number of pyridine rings is 1. The molecule has 0 spiro atoms. The van der Waals surface area contributed by atoms with Gasteiger partial charge in [0.2, 0.25) is 0 Å². The summed E-state index contributed by atoms with van der Waals surface area (Å²) in [5.74, 6) is 1.19. The highest BCUT2D eigenvalue weighted by molar-refractivity contribution is 5.82. The second kappa shape index (κ2) is 3.23. The number of benzene rings is 1. The Labute approximate surface area is 89.5 Å². The van der Waals surface area contributed by atoms with Crippen LogP contribution in [0, 0.1) is 0 Å². The Kier molecular flexibility index (Phi) is 1.88. The van der Waals surface area contributed by atoms with Gasteiger partial charge in [0.15, 0.2) is 0 Å². The summed E-state index contributed by atoms with van der Waals surface area (Å²) in [7, 11) is 0. The summed E-state index contributed by atoms with van der Waals surface area (Å²) in [5, 5.41) is 1.26. The fraction of sp³-hybridized carbons (Fsp3) is 0.308. The van der Waals surface area contributed by atoms with Crippen LogP contribution in [0.5, 0.6) is 0 Å². The van der Waals surface area contributed by atoms with Crippen molar-refractivity contribution in [2.75, 3.05) is 18.0 Å². The van der Waals surface area contributed by atoms with Crippen LogP contribution in [0.2, 0.25) is 0 Å². The van der Waals surface area contributed by atoms with Gasteiger partial charge in [-0.05, 0) is 31.0 Å². The van der Waals surface area contributed by atoms with Crippen molar-refractivity contribution in [2.24, 2.45) is 0 Å². The zero-order valence-corrected chi connectivity index (χ0v) is 8.90. The molecule has 3 rings (SSSR count). The van der Waals surface area contributed by atoms with Crippen LogP contribution >= 0.6 is 0 Å². The van der Waals surface area contributed by atoms with Gasteiger partial charge in [0.1, 0.15) is 5.82 Å². The van der Waals surface area contributed by atoms with Crippen molar-refractivity contribution in [2.45, 2.75) is 13.3 Å². The number of fused-ring (bicyclic) bond motifs is 2. The molecule has 0 radical (unpaired) electrons. The van der Waals surface area contributed by atoms with Crippen molar-refractivity contribution in [1.82, 2.24) is 4.98 Å². The molecule has 0 saturated heterocycles. The SMILES string of the molecule is CCN1CCc2cc3ccccc3nc21. The first kappa shape index (κ1) is 8.72. The quantitative estimate of drug-likeness (QED) is 0.700. The molecule has 0 N–H and O–H groups in total. The Bertz CT molecular complexity index is 505. The lowest BCUT2D eigenvalue weighted by Gasteiger charge is -2.15. The number of aromatic nitrogens is 1. The third-order valence-electron chi connectivity index (χ3n) is 3.11. The summed E-state index contributed by atoms with van der Waals surface area (Å²) in [6, 6.07) is 10.6. The molecule has 0 aliphatic carbocycles. The van der Waals surface area contributed by atoms with E-state index in [0.717, 1.165) is 25.0 Å². The monoisotopic (exact) mass is 198 g/mol. The lowest BCUT2D eigenvalue weighted by Crippen LogP contribution is -2.20. The molecule has 2 aromatic rings. The molecule has 1 aliphatic heterocycles. The Morgan fingerprint density at radius 1 is 1.33 bits per heavy atom. The number of hydrogen-bond acceptors (Lipinski definition) is 2. The molecular weight excluding hydrogens is 184 g/mol. The Balaban J connectivity index is 2.23. The second-order valence-electron chi connectivity index (χ2n) is 3.99. The number of para-hydroxylation sites is 1. The van der Waals surface area contributed by atoms with Crippen LogP contribution < -0.4 is 4.90 Å². The minimum Gasteiger partial charge on any atom is -0.356 e. The zero-order valence-electron chi connectivity index (χ0n) is 8.90. The fourth-order valence-corrected chi connectivity index (χ4v) is 2.28. The highest BCUT2D eigenvalue weighted by Crippen LogP contribution is 2.28. The predicted octanol–water partition coefficient (Wildman–Crippen LogP) is 2.62. The van der Waals surface area contributed by atoms with Crippen LogP contribution in [0.3, 0.4) is 0 Å². The highest BCUT2D eigenvalue weighted by Gasteiger charge is 2.19. The van der Waals surface area contributed by atoms with Gasteiger partial charge in [0.05, 0.1) is 5.52 Å². The van der Waals surface area contributed by atoms with Crippen LogP contribution in [0.25, 0.3) is 10.9 Å². The van der Waals surface area contributed by atoms with Gasteiger partial charge in [0.25, 0.3) is 0 Å². The molecule has 2 nitrogen and oxygen atoms in total. The maximum Gasteiger partial charge on any atom is 0.132 e. The van der Waals surface area contributed by atoms with E-state index >= 15 is 0 Å². The number of likely N-dealkylation sites (N-methyl/N-ethyl adjacent to an activating group) is 1. The highest BCUT2D eigenvalue weighted by atomic mass is 15.2. The van der Waals surface area contributed by atoms with E-state index in [1.54, 1.807) is 0 Å². The van der Waals surface area contributed by atoms with E-state index in [9.17, 15) is 0 Å². The Morgan fingerprint density at radius 2 is 2.20 bits per heavy atom. The molecule has 0 bridgehead atoms. The van der Waals surface area contributed by atoms with E-state index in [-0.39, 0.29) is 0 Å². The van der Waals surface area contributed by atoms with Gasteiger partial charge in [-0.3, -0.25) is 0 Å². The van der Waals surface area contributed by atoms with Crippen molar-refractivity contribution >= 4 is 16.7 Å². The average molecular weight is 198 g/mol. The second-order valence-corrected chi connectivity index (χ2v) is 3.99. The summed E-state index contributed by atoms with van der Waals surface area (Å²) < 4.78 is 0. The van der Waals surface area contributed by atoms with Gasteiger partial charge in [-0.1, -0.05) is 18.2 Å². The molecule has 2 heterocycles. The lowest BCUT2D eigenvalue weighted by molar-refractivity contribution is 0.859. The summed E-state index contributed by atoms with van der Waals surface area (Å²) >= 11 is 0. The maximum atomic E-state index is 4.73.